The fraction of sp³-hybridized carbons (Fsp3) is 0.833. The van der Waals surface area contributed by atoms with Crippen LogP contribution >= 0.6 is 12.2 Å². The summed E-state index contributed by atoms with van der Waals surface area (Å²) in [5.41, 5.74) is 5.07. The Labute approximate surface area is 108 Å². The molecule has 1 saturated heterocycles. The number of amides is 1. The number of carbonyl (C=O) groups excluding carboxylic acids is 1. The van der Waals surface area contributed by atoms with E-state index >= 15 is 0 Å². The molecule has 3 N–H and O–H groups in total. The molecule has 0 spiro atoms. The largest absolute Gasteiger partial charge is 0.392 e. The molecule has 1 rings (SSSR count). The van der Waals surface area contributed by atoms with E-state index in [0.717, 1.165) is 12.8 Å². The highest BCUT2D eigenvalue weighted by Crippen LogP contribution is 2.31. The number of thiocarbonyl (C=S) groups is 1. The van der Waals surface area contributed by atoms with E-state index in [1.807, 2.05) is 6.92 Å². The lowest BCUT2D eigenvalue weighted by molar-refractivity contribution is -0.132. The minimum Gasteiger partial charge on any atom is -0.392 e. The minimum absolute atomic E-state index is 0.0331. The molecule has 4 nitrogen and oxygen atoms in total. The number of ether oxygens (including phenoxy) is 1. The number of nitrogens with two attached hydrogens (primary N) is 1. The molecule has 0 bridgehead atoms. The Balaban J connectivity index is 2.70. The zero-order valence-corrected chi connectivity index (χ0v) is 11.4. The van der Waals surface area contributed by atoms with Gasteiger partial charge in [0.15, 0.2) is 0 Å². The van der Waals surface area contributed by atoms with Gasteiger partial charge in [-0.05, 0) is 26.2 Å². The summed E-state index contributed by atoms with van der Waals surface area (Å²) in [7, 11) is 0. The van der Waals surface area contributed by atoms with Crippen molar-refractivity contribution in [1.29, 1.82) is 0 Å². The van der Waals surface area contributed by atoms with Crippen LogP contribution in [0.1, 0.15) is 39.5 Å². The normalized spacial score (nSPS) is 20.6. The zero-order chi connectivity index (χ0) is 12.9. The van der Waals surface area contributed by atoms with Gasteiger partial charge in [-0.15, -0.1) is 0 Å². The Kier molecular flexibility index (Phi) is 5.33. The minimum atomic E-state index is -0.699. The Hall–Kier alpha value is -0.680. The van der Waals surface area contributed by atoms with Crippen LogP contribution in [0.25, 0.3) is 0 Å². The number of nitrogens with one attached hydrogen (secondary N) is 1. The van der Waals surface area contributed by atoms with E-state index in [1.165, 1.54) is 0 Å². The highest BCUT2D eigenvalue weighted by Gasteiger charge is 2.43. The van der Waals surface area contributed by atoms with Gasteiger partial charge < -0.3 is 15.8 Å². The maximum atomic E-state index is 12.3. The van der Waals surface area contributed by atoms with Crippen molar-refractivity contribution in [2.45, 2.75) is 45.6 Å². The summed E-state index contributed by atoms with van der Waals surface area (Å²) in [6.45, 7) is 5.20. The van der Waals surface area contributed by atoms with Gasteiger partial charge in [0.05, 0.1) is 4.99 Å². The first kappa shape index (κ1) is 14.4. The van der Waals surface area contributed by atoms with Crippen molar-refractivity contribution in [3.8, 4) is 0 Å². The van der Waals surface area contributed by atoms with Gasteiger partial charge in [0, 0.05) is 19.3 Å². The second-order valence-corrected chi connectivity index (χ2v) is 5.16. The van der Waals surface area contributed by atoms with Crippen molar-refractivity contribution in [2.24, 2.45) is 11.1 Å². The van der Waals surface area contributed by atoms with Gasteiger partial charge in [0.1, 0.15) is 5.41 Å². The molecule has 0 saturated carbocycles. The van der Waals surface area contributed by atoms with Gasteiger partial charge in [-0.3, -0.25) is 4.79 Å². The summed E-state index contributed by atoms with van der Waals surface area (Å²) in [6, 6.07) is 0.168. The SMILES string of the molecule is CCCC(C)NC(=O)C1(C(N)=S)CCOCC1. The zero-order valence-electron chi connectivity index (χ0n) is 10.6. The van der Waals surface area contributed by atoms with Gasteiger partial charge in [-0.1, -0.05) is 25.6 Å². The third-order valence-electron chi connectivity index (χ3n) is 3.35. The van der Waals surface area contributed by atoms with Crippen molar-refractivity contribution in [1.82, 2.24) is 5.32 Å². The van der Waals surface area contributed by atoms with Gasteiger partial charge in [-0.2, -0.15) is 0 Å². The van der Waals surface area contributed by atoms with Crippen LogP contribution in [-0.4, -0.2) is 30.2 Å². The molecule has 0 aromatic carbocycles. The number of hydrogen-bond acceptors (Lipinski definition) is 3. The molecule has 1 atom stereocenters. The molecule has 1 aliphatic rings. The number of rotatable bonds is 5. The summed E-state index contributed by atoms with van der Waals surface area (Å²) < 4.78 is 5.28. The summed E-state index contributed by atoms with van der Waals surface area (Å²) in [6.07, 6.45) is 3.19. The average molecular weight is 258 g/mol. The predicted molar refractivity (Wildman–Crippen MR) is 71.8 cm³/mol. The fourth-order valence-corrected chi connectivity index (χ4v) is 2.47. The highest BCUT2D eigenvalue weighted by atomic mass is 32.1. The third-order valence-corrected chi connectivity index (χ3v) is 3.74. The van der Waals surface area contributed by atoms with E-state index < -0.39 is 5.41 Å². The van der Waals surface area contributed by atoms with E-state index in [9.17, 15) is 4.79 Å². The standard InChI is InChI=1S/C12H22N2O2S/c1-3-4-9(2)14-11(15)12(10(13)17)5-7-16-8-6-12/h9H,3-8H2,1-2H3,(H2,13,17)(H,14,15). The van der Waals surface area contributed by atoms with Crippen LogP contribution in [0, 0.1) is 5.41 Å². The molecule has 1 unspecified atom stereocenters. The van der Waals surface area contributed by atoms with Crippen LogP contribution in [0.5, 0.6) is 0 Å². The molecule has 0 radical (unpaired) electrons. The molecule has 0 aromatic rings. The van der Waals surface area contributed by atoms with Gasteiger partial charge in [-0.25, -0.2) is 0 Å². The summed E-state index contributed by atoms with van der Waals surface area (Å²) in [5, 5.41) is 3.01. The van der Waals surface area contributed by atoms with Crippen molar-refractivity contribution in [3.05, 3.63) is 0 Å². The Bertz CT molecular complexity index is 288. The van der Waals surface area contributed by atoms with Crippen molar-refractivity contribution < 1.29 is 9.53 Å². The second kappa shape index (κ2) is 6.31. The molecule has 0 aromatic heterocycles. The van der Waals surface area contributed by atoms with Crippen molar-refractivity contribution in [3.63, 3.8) is 0 Å². The first-order valence-electron chi connectivity index (χ1n) is 6.21. The molecule has 0 aliphatic carbocycles. The number of carbonyl (C=O) groups is 1. The van der Waals surface area contributed by atoms with Crippen LogP contribution in [0.3, 0.4) is 0 Å². The second-order valence-electron chi connectivity index (χ2n) is 4.72. The van der Waals surface area contributed by atoms with Crippen LogP contribution in [-0.2, 0) is 9.53 Å². The first-order valence-corrected chi connectivity index (χ1v) is 6.62. The molecule has 5 heteroatoms. The van der Waals surface area contributed by atoms with Crippen LogP contribution in [0.15, 0.2) is 0 Å². The summed E-state index contributed by atoms with van der Waals surface area (Å²) >= 11 is 5.08. The quantitative estimate of drug-likeness (QED) is 0.731. The predicted octanol–water partition coefficient (Wildman–Crippen LogP) is 1.37. The van der Waals surface area contributed by atoms with E-state index in [4.69, 9.17) is 22.7 Å². The Morgan fingerprint density at radius 1 is 1.53 bits per heavy atom. The van der Waals surface area contributed by atoms with Gasteiger partial charge >= 0.3 is 0 Å². The van der Waals surface area contributed by atoms with Crippen LogP contribution in [0.4, 0.5) is 0 Å². The van der Waals surface area contributed by atoms with Gasteiger partial charge in [0.2, 0.25) is 5.91 Å². The molecule has 1 heterocycles. The Morgan fingerprint density at radius 2 is 2.12 bits per heavy atom. The van der Waals surface area contributed by atoms with Crippen molar-refractivity contribution >= 4 is 23.1 Å². The third kappa shape index (κ3) is 3.39. The lowest BCUT2D eigenvalue weighted by atomic mass is 9.79. The van der Waals surface area contributed by atoms with E-state index in [1.54, 1.807) is 0 Å². The molecule has 1 amide bonds. The van der Waals surface area contributed by atoms with Crippen molar-refractivity contribution in [2.75, 3.05) is 13.2 Å². The lowest BCUT2D eigenvalue weighted by Gasteiger charge is -2.35. The highest BCUT2D eigenvalue weighted by molar-refractivity contribution is 7.80. The Morgan fingerprint density at radius 3 is 2.59 bits per heavy atom. The molecule has 98 valence electrons. The smallest absolute Gasteiger partial charge is 0.233 e. The topological polar surface area (TPSA) is 64.4 Å². The van der Waals surface area contributed by atoms with Crippen LogP contribution < -0.4 is 11.1 Å². The first-order chi connectivity index (χ1) is 8.03. The van der Waals surface area contributed by atoms with E-state index in [-0.39, 0.29) is 11.9 Å². The van der Waals surface area contributed by atoms with E-state index in [2.05, 4.69) is 12.2 Å². The monoisotopic (exact) mass is 258 g/mol. The lowest BCUT2D eigenvalue weighted by Crippen LogP contribution is -2.53. The summed E-state index contributed by atoms with van der Waals surface area (Å²) in [4.78, 5) is 12.6. The molecule has 1 aliphatic heterocycles. The summed E-state index contributed by atoms with van der Waals surface area (Å²) in [5.74, 6) is -0.0331. The molecule has 17 heavy (non-hydrogen) atoms. The average Bonchev–Trinajstić information content (AvgIpc) is 2.29. The van der Waals surface area contributed by atoms with Gasteiger partial charge in [0.25, 0.3) is 0 Å². The molecule has 1 fully saturated rings. The van der Waals surface area contributed by atoms with E-state index in [0.29, 0.717) is 31.0 Å². The van der Waals surface area contributed by atoms with Crippen LogP contribution in [0.2, 0.25) is 0 Å². The maximum Gasteiger partial charge on any atom is 0.233 e. The maximum absolute atomic E-state index is 12.3. The molecular formula is C12H22N2O2S. The molecular weight excluding hydrogens is 236 g/mol. The number of hydrogen-bond donors (Lipinski definition) is 2. The fourth-order valence-electron chi connectivity index (χ4n) is 2.17.